The van der Waals surface area contributed by atoms with E-state index in [-0.39, 0.29) is 32.2 Å². The Hall–Kier alpha value is -3.79. The molecule has 9 heteroatoms. The van der Waals surface area contributed by atoms with Crippen molar-refractivity contribution in [3.63, 3.8) is 0 Å². The average Bonchev–Trinajstić information content (AvgIpc) is 1.21. The van der Waals surface area contributed by atoms with Gasteiger partial charge >= 0.3 is 11.9 Å². The number of esters is 2. The van der Waals surface area contributed by atoms with E-state index in [2.05, 4.69) is 111 Å². The van der Waals surface area contributed by atoms with E-state index in [1.54, 1.807) is 0 Å². The van der Waals surface area contributed by atoms with E-state index < -0.39 is 24.3 Å². The summed E-state index contributed by atoms with van der Waals surface area (Å²) in [5.41, 5.74) is 0. The lowest BCUT2D eigenvalue weighted by atomic mass is 10.0. The molecule has 2 unspecified atom stereocenters. The van der Waals surface area contributed by atoms with E-state index in [0.29, 0.717) is 23.9 Å². The second-order valence-corrected chi connectivity index (χ2v) is 30.4. The molecule has 0 amide bonds. The highest BCUT2D eigenvalue weighted by Crippen LogP contribution is 2.20. The molecule has 9 nitrogen and oxygen atoms in total. The van der Waals surface area contributed by atoms with Gasteiger partial charge in [0.05, 0.1) is 40.3 Å². The molecule has 0 aromatic heterocycles. The summed E-state index contributed by atoms with van der Waals surface area (Å²) in [5.74, 6) is -2.26. The van der Waals surface area contributed by atoms with E-state index in [9.17, 15) is 19.5 Å². The monoisotopic (exact) mass is 1410 g/mol. The van der Waals surface area contributed by atoms with Gasteiger partial charge in [-0.05, 0) is 96.3 Å². The van der Waals surface area contributed by atoms with Gasteiger partial charge in [0.1, 0.15) is 13.2 Å². The minimum absolute atomic E-state index is 0.148. The lowest BCUT2D eigenvalue weighted by molar-refractivity contribution is -0.870. The number of allylic oxidation sites excluding steroid dienone is 16. The van der Waals surface area contributed by atoms with Crippen LogP contribution in [0.15, 0.2) is 97.2 Å². The van der Waals surface area contributed by atoms with Crippen molar-refractivity contribution in [3.05, 3.63) is 97.2 Å². The first-order chi connectivity index (χ1) is 49.6. The van der Waals surface area contributed by atoms with Crippen molar-refractivity contribution in [1.29, 1.82) is 0 Å². The molecule has 0 aliphatic carbocycles. The molecule has 0 N–H and O–H groups in total. The summed E-state index contributed by atoms with van der Waals surface area (Å²) in [6.07, 6.45) is 111. The fourth-order valence-corrected chi connectivity index (χ4v) is 12.8. The molecule has 586 valence electrons. The third-order valence-electron chi connectivity index (χ3n) is 19.3. The van der Waals surface area contributed by atoms with Crippen molar-refractivity contribution in [1.82, 2.24) is 0 Å². The van der Waals surface area contributed by atoms with Crippen LogP contribution in [0, 0.1) is 0 Å². The number of ether oxygens (including phenoxy) is 4. The summed E-state index contributed by atoms with van der Waals surface area (Å²) < 4.78 is 22.9. The van der Waals surface area contributed by atoms with Crippen LogP contribution in [0.2, 0.25) is 0 Å². The molecule has 0 bridgehead atoms. The van der Waals surface area contributed by atoms with Gasteiger partial charge in [-0.3, -0.25) is 9.59 Å². The van der Waals surface area contributed by atoms with E-state index >= 15 is 0 Å². The number of unbranched alkanes of at least 4 members (excludes halogenated alkanes) is 50. The van der Waals surface area contributed by atoms with Gasteiger partial charge in [-0.25, -0.2) is 0 Å². The minimum Gasteiger partial charge on any atom is -0.545 e. The molecule has 0 saturated carbocycles. The lowest BCUT2D eigenvalue weighted by Gasteiger charge is -2.26. The standard InChI is InChI=1S/C92H165NO8/c1-6-8-10-12-14-16-18-20-22-24-26-28-30-32-34-36-38-40-42-44-45-47-49-51-53-55-57-59-61-63-65-67-69-71-73-75-77-79-81-83-90(95)101-88(87-100-92(91(96)97)98-85-84-93(3,4)5)86-99-89(94)82-80-78-76-74-72-70-68-66-64-62-60-58-56-54-52-50-48-46-43-41-39-37-35-33-31-29-27-25-23-21-19-17-15-13-11-9-7-2/h8,10,14,16,20,22,25-28,32,34,38,40,44-45,88,92H,6-7,9,11-13,15,17-19,21,23-24,29-31,33,35-37,39,41-43,46-87H2,1-5H3/b10-8-,16-14-,22-20-,27-25-,28-26-,34-32-,40-38-,45-44-. The molecule has 0 spiro atoms. The largest absolute Gasteiger partial charge is 0.545 e. The number of carboxylic acid groups (broad SMARTS) is 1. The van der Waals surface area contributed by atoms with Crippen LogP contribution in [0.3, 0.4) is 0 Å². The van der Waals surface area contributed by atoms with Gasteiger partial charge in [-0.1, -0.05) is 400 Å². The number of carbonyl (C=O) groups excluding carboxylic acids is 3. The third kappa shape index (κ3) is 83.4. The van der Waals surface area contributed by atoms with Crippen LogP contribution in [-0.2, 0) is 33.3 Å². The van der Waals surface area contributed by atoms with E-state index in [1.165, 1.54) is 302 Å². The fourth-order valence-electron chi connectivity index (χ4n) is 12.8. The molecule has 0 aliphatic rings. The number of quaternary nitrogens is 1. The highest BCUT2D eigenvalue weighted by Gasteiger charge is 2.22. The maximum atomic E-state index is 13.0. The summed E-state index contributed by atoms with van der Waals surface area (Å²) in [6.45, 7) is 4.69. The van der Waals surface area contributed by atoms with Crippen LogP contribution in [0.5, 0.6) is 0 Å². The molecule has 101 heavy (non-hydrogen) atoms. The number of likely N-dealkylation sites (N-methyl/N-ethyl adjacent to an activating group) is 1. The lowest BCUT2D eigenvalue weighted by Crippen LogP contribution is -2.44. The van der Waals surface area contributed by atoms with Crippen LogP contribution >= 0.6 is 0 Å². The number of rotatable bonds is 81. The van der Waals surface area contributed by atoms with Gasteiger partial charge in [-0.15, -0.1) is 0 Å². The molecule has 0 fully saturated rings. The Morgan fingerprint density at radius 1 is 0.307 bits per heavy atom. The van der Waals surface area contributed by atoms with Crippen molar-refractivity contribution in [2.24, 2.45) is 0 Å². The van der Waals surface area contributed by atoms with Crippen LogP contribution in [0.25, 0.3) is 0 Å². The second kappa shape index (κ2) is 81.9. The van der Waals surface area contributed by atoms with Gasteiger partial charge in [0.25, 0.3) is 0 Å². The zero-order valence-electron chi connectivity index (χ0n) is 67.3. The number of carbonyl (C=O) groups is 3. The number of carboxylic acids is 1. The average molecular weight is 1410 g/mol. The van der Waals surface area contributed by atoms with Gasteiger partial charge < -0.3 is 33.3 Å². The third-order valence-corrected chi connectivity index (χ3v) is 19.3. The first kappa shape index (κ1) is 97.2. The van der Waals surface area contributed by atoms with Crippen molar-refractivity contribution in [2.45, 2.75) is 424 Å². The molecular formula is C92H165NO8. The van der Waals surface area contributed by atoms with E-state index in [0.717, 1.165) is 77.0 Å². The molecule has 0 saturated heterocycles. The van der Waals surface area contributed by atoms with Crippen LogP contribution in [0.1, 0.15) is 412 Å². The predicted octanol–water partition coefficient (Wildman–Crippen LogP) is 26.9. The topological polar surface area (TPSA) is 111 Å². The van der Waals surface area contributed by atoms with Gasteiger partial charge in [0, 0.05) is 12.8 Å². The van der Waals surface area contributed by atoms with Gasteiger partial charge in [-0.2, -0.15) is 0 Å². The van der Waals surface area contributed by atoms with Crippen molar-refractivity contribution < 1.29 is 42.9 Å². The van der Waals surface area contributed by atoms with Gasteiger partial charge in [0.15, 0.2) is 12.4 Å². The number of nitrogens with zero attached hydrogens (tertiary/aromatic N) is 1. The molecule has 0 heterocycles. The SMILES string of the molecule is CC/C=C\C/C=C\C/C=C\C/C=C\C/C=C\C/C=C\C/C=C\CCCCCCCCCCCCCCCCCCCC(=O)OC(COC(=O)CCCCCCCCCCCCCCCCCCCCCCCCCCC/C=C\CCCCCCCCCC)COC(OCC[N+](C)(C)C)C(=O)[O-]. The Kier molecular flexibility index (Phi) is 78.8. The molecule has 0 radical (unpaired) electrons. The zero-order valence-corrected chi connectivity index (χ0v) is 67.3. The Labute approximate surface area is 626 Å². The first-order valence-electron chi connectivity index (χ1n) is 43.4. The molecule has 0 rings (SSSR count). The van der Waals surface area contributed by atoms with Crippen molar-refractivity contribution in [3.8, 4) is 0 Å². The van der Waals surface area contributed by atoms with Gasteiger partial charge in [0.2, 0.25) is 0 Å². The molecule has 2 atom stereocenters. The molecule has 0 aliphatic heterocycles. The Bertz CT molecular complexity index is 1990. The summed E-state index contributed by atoms with van der Waals surface area (Å²) in [7, 11) is 5.95. The number of aliphatic carboxylic acids is 1. The highest BCUT2D eigenvalue weighted by atomic mass is 16.7. The van der Waals surface area contributed by atoms with Crippen LogP contribution in [0.4, 0.5) is 0 Å². The van der Waals surface area contributed by atoms with Crippen molar-refractivity contribution >= 4 is 17.9 Å². The predicted molar refractivity (Wildman–Crippen MR) is 435 cm³/mol. The normalized spacial score (nSPS) is 13.1. The molecule has 0 aromatic rings. The summed E-state index contributed by atoms with van der Waals surface area (Å²) in [5, 5.41) is 11.9. The van der Waals surface area contributed by atoms with Crippen LogP contribution in [-0.4, -0.2) is 82.3 Å². The Morgan fingerprint density at radius 2 is 0.564 bits per heavy atom. The van der Waals surface area contributed by atoms with E-state index in [1.807, 2.05) is 21.1 Å². The number of hydrogen-bond donors (Lipinski definition) is 0. The summed E-state index contributed by atoms with van der Waals surface area (Å²) in [6, 6.07) is 0. The minimum atomic E-state index is -1.62. The van der Waals surface area contributed by atoms with E-state index in [4.69, 9.17) is 18.9 Å². The zero-order chi connectivity index (χ0) is 73.2. The maximum absolute atomic E-state index is 13.0. The Morgan fingerprint density at radius 3 is 0.851 bits per heavy atom. The quantitative estimate of drug-likeness (QED) is 0.0195. The maximum Gasteiger partial charge on any atom is 0.306 e. The fraction of sp³-hybridized carbons (Fsp3) is 0.793. The smallest absolute Gasteiger partial charge is 0.306 e. The Balaban J connectivity index is 3.96. The first-order valence-corrected chi connectivity index (χ1v) is 43.4. The summed E-state index contributed by atoms with van der Waals surface area (Å²) in [4.78, 5) is 37.7. The molecular weight excluding hydrogens is 1250 g/mol. The summed E-state index contributed by atoms with van der Waals surface area (Å²) >= 11 is 0. The number of hydrogen-bond acceptors (Lipinski definition) is 8. The van der Waals surface area contributed by atoms with Crippen LogP contribution < -0.4 is 5.11 Å². The second-order valence-electron chi connectivity index (χ2n) is 30.4. The van der Waals surface area contributed by atoms with Crippen molar-refractivity contribution in [2.75, 3.05) is 47.5 Å². The molecule has 0 aromatic carbocycles. The highest BCUT2D eigenvalue weighted by molar-refractivity contribution is 5.70.